The van der Waals surface area contributed by atoms with Crippen LogP contribution < -0.4 is 15.2 Å². The zero-order valence-corrected chi connectivity index (χ0v) is 13.9. The number of nitrogens with one attached hydrogen (secondary N) is 1. The molecule has 1 fully saturated rings. The second kappa shape index (κ2) is 6.01. The van der Waals surface area contributed by atoms with Gasteiger partial charge in [0.05, 0.1) is 7.11 Å². The summed E-state index contributed by atoms with van der Waals surface area (Å²) in [5, 5.41) is 0. The molecule has 0 saturated heterocycles. The molecule has 20 heavy (non-hydrogen) atoms. The summed E-state index contributed by atoms with van der Waals surface area (Å²) in [6.07, 6.45) is 2.17. The molecule has 0 bridgehead atoms. The first-order valence-corrected chi connectivity index (χ1v) is 8.72. The number of benzene rings is 1. The van der Waals surface area contributed by atoms with Gasteiger partial charge in [-0.3, -0.25) is 0 Å². The summed E-state index contributed by atoms with van der Waals surface area (Å²) in [4.78, 5) is 0.125. The zero-order valence-electron chi connectivity index (χ0n) is 11.5. The fraction of sp³-hybridized carbons (Fsp3) is 0.538. The van der Waals surface area contributed by atoms with Gasteiger partial charge in [0.1, 0.15) is 10.6 Å². The van der Waals surface area contributed by atoms with Crippen molar-refractivity contribution in [2.24, 2.45) is 11.7 Å². The molecule has 1 aliphatic carbocycles. The minimum atomic E-state index is -3.63. The summed E-state index contributed by atoms with van der Waals surface area (Å²) in [7, 11) is -2.17. The Hall–Kier alpha value is -0.630. The fourth-order valence-electron chi connectivity index (χ4n) is 1.98. The molecule has 112 valence electrons. The molecular formula is C13H19BrN2O3S. The van der Waals surface area contributed by atoms with Crippen molar-refractivity contribution in [3.05, 3.63) is 22.2 Å². The Bertz CT molecular complexity index is 600. The van der Waals surface area contributed by atoms with Gasteiger partial charge in [-0.15, -0.1) is 0 Å². The molecule has 1 aromatic rings. The van der Waals surface area contributed by atoms with Gasteiger partial charge in [0, 0.05) is 17.1 Å². The van der Waals surface area contributed by atoms with E-state index in [2.05, 4.69) is 20.7 Å². The lowest BCUT2D eigenvalue weighted by Crippen LogP contribution is -2.38. The maximum Gasteiger partial charge on any atom is 0.244 e. The van der Waals surface area contributed by atoms with E-state index in [0.717, 1.165) is 22.9 Å². The Morgan fingerprint density at radius 1 is 1.50 bits per heavy atom. The maximum absolute atomic E-state index is 12.4. The van der Waals surface area contributed by atoms with Crippen molar-refractivity contribution >= 4 is 26.0 Å². The van der Waals surface area contributed by atoms with Crippen molar-refractivity contribution in [2.75, 3.05) is 13.7 Å². The van der Waals surface area contributed by atoms with E-state index in [0.29, 0.717) is 11.7 Å². The van der Waals surface area contributed by atoms with Crippen molar-refractivity contribution in [1.29, 1.82) is 0 Å². The van der Waals surface area contributed by atoms with Gasteiger partial charge >= 0.3 is 0 Å². The van der Waals surface area contributed by atoms with Crippen LogP contribution in [0.5, 0.6) is 5.75 Å². The maximum atomic E-state index is 12.4. The SMILES string of the molecule is COc1cc(C)c(Br)cc1S(=O)(=O)NCC(N)C1CC1. The average Bonchev–Trinajstić information content (AvgIpc) is 3.23. The number of sulfonamides is 1. The molecule has 1 saturated carbocycles. The molecule has 0 spiro atoms. The third kappa shape index (κ3) is 3.52. The summed E-state index contributed by atoms with van der Waals surface area (Å²) < 4.78 is 33.2. The van der Waals surface area contributed by atoms with E-state index in [1.54, 1.807) is 12.1 Å². The van der Waals surface area contributed by atoms with Crippen LogP contribution in [0.15, 0.2) is 21.5 Å². The summed E-state index contributed by atoms with van der Waals surface area (Å²) in [5.74, 6) is 0.780. The van der Waals surface area contributed by atoms with E-state index in [9.17, 15) is 8.42 Å². The summed E-state index contributed by atoms with van der Waals surface area (Å²) in [6.45, 7) is 2.13. The number of hydrogen-bond acceptors (Lipinski definition) is 4. The van der Waals surface area contributed by atoms with Crippen LogP contribution in [-0.2, 0) is 10.0 Å². The van der Waals surface area contributed by atoms with Crippen LogP contribution in [-0.4, -0.2) is 28.1 Å². The number of nitrogens with two attached hydrogens (primary N) is 1. The van der Waals surface area contributed by atoms with Gasteiger partial charge in [-0.2, -0.15) is 0 Å². The third-order valence-corrected chi connectivity index (χ3v) is 5.77. The van der Waals surface area contributed by atoms with Gasteiger partial charge < -0.3 is 10.5 Å². The predicted octanol–water partition coefficient (Wildman–Crippen LogP) is 1.78. The molecule has 0 aromatic heterocycles. The second-order valence-corrected chi connectivity index (χ2v) is 7.70. The van der Waals surface area contributed by atoms with E-state index in [1.807, 2.05) is 6.92 Å². The largest absolute Gasteiger partial charge is 0.495 e. The fourth-order valence-corrected chi connectivity index (χ4v) is 3.72. The minimum Gasteiger partial charge on any atom is -0.495 e. The van der Waals surface area contributed by atoms with Crippen LogP contribution in [0.1, 0.15) is 18.4 Å². The lowest BCUT2D eigenvalue weighted by atomic mass is 10.2. The topological polar surface area (TPSA) is 81.4 Å². The molecule has 1 aliphatic rings. The van der Waals surface area contributed by atoms with E-state index >= 15 is 0 Å². The smallest absolute Gasteiger partial charge is 0.244 e. The highest BCUT2D eigenvalue weighted by molar-refractivity contribution is 9.10. The summed E-state index contributed by atoms with van der Waals surface area (Å²) in [6, 6.07) is 3.13. The quantitative estimate of drug-likeness (QED) is 0.807. The van der Waals surface area contributed by atoms with Gasteiger partial charge in [-0.1, -0.05) is 15.9 Å². The molecule has 0 radical (unpaired) electrons. The van der Waals surface area contributed by atoms with E-state index in [1.165, 1.54) is 7.11 Å². The predicted molar refractivity (Wildman–Crippen MR) is 81.3 cm³/mol. The standard InChI is InChI=1S/C13H19BrN2O3S/c1-8-5-12(19-2)13(6-10(8)14)20(17,18)16-7-11(15)9-3-4-9/h5-6,9,11,16H,3-4,7,15H2,1-2H3. The van der Waals surface area contributed by atoms with Crippen LogP contribution in [0.25, 0.3) is 0 Å². The van der Waals surface area contributed by atoms with Crippen molar-refractivity contribution in [3.8, 4) is 5.75 Å². The summed E-state index contributed by atoms with van der Waals surface area (Å²) in [5.41, 5.74) is 6.83. The molecule has 7 heteroatoms. The molecule has 0 heterocycles. The first kappa shape index (κ1) is 15.8. The van der Waals surface area contributed by atoms with E-state index in [4.69, 9.17) is 10.5 Å². The lowest BCUT2D eigenvalue weighted by molar-refractivity contribution is 0.401. The number of rotatable bonds is 6. The number of hydrogen-bond donors (Lipinski definition) is 2. The zero-order chi connectivity index (χ0) is 14.9. The van der Waals surface area contributed by atoms with Crippen molar-refractivity contribution in [2.45, 2.75) is 30.7 Å². The lowest BCUT2D eigenvalue weighted by Gasteiger charge is -2.15. The van der Waals surface area contributed by atoms with Crippen LogP contribution in [0.3, 0.4) is 0 Å². The highest BCUT2D eigenvalue weighted by Crippen LogP contribution is 2.32. The van der Waals surface area contributed by atoms with Gasteiger partial charge in [0.2, 0.25) is 10.0 Å². The molecule has 1 aromatic carbocycles. The third-order valence-electron chi connectivity index (χ3n) is 3.47. The molecule has 0 aliphatic heterocycles. The molecular weight excluding hydrogens is 344 g/mol. The van der Waals surface area contributed by atoms with Gasteiger partial charge in [0.25, 0.3) is 0 Å². The molecule has 0 amide bonds. The van der Waals surface area contributed by atoms with Crippen LogP contribution in [0.4, 0.5) is 0 Å². The Balaban J connectivity index is 2.21. The number of halogens is 1. The van der Waals surface area contributed by atoms with Gasteiger partial charge in [-0.05, 0) is 43.4 Å². The number of aryl methyl sites for hydroxylation is 1. The number of methoxy groups -OCH3 is 1. The highest BCUT2D eigenvalue weighted by Gasteiger charge is 2.30. The average molecular weight is 363 g/mol. The molecule has 2 rings (SSSR count). The Morgan fingerprint density at radius 2 is 2.15 bits per heavy atom. The molecule has 5 nitrogen and oxygen atoms in total. The van der Waals surface area contributed by atoms with Crippen LogP contribution in [0, 0.1) is 12.8 Å². The normalized spacial score (nSPS) is 17.0. The second-order valence-electron chi connectivity index (χ2n) is 5.11. The highest BCUT2D eigenvalue weighted by atomic mass is 79.9. The van der Waals surface area contributed by atoms with Gasteiger partial charge in [-0.25, -0.2) is 13.1 Å². The molecule has 1 atom stereocenters. The molecule has 1 unspecified atom stereocenters. The van der Waals surface area contributed by atoms with Crippen molar-refractivity contribution in [1.82, 2.24) is 4.72 Å². The van der Waals surface area contributed by atoms with Gasteiger partial charge in [0.15, 0.2) is 0 Å². The monoisotopic (exact) mass is 362 g/mol. The Kier molecular flexibility index (Phi) is 4.73. The first-order valence-electron chi connectivity index (χ1n) is 6.44. The van der Waals surface area contributed by atoms with Crippen molar-refractivity contribution in [3.63, 3.8) is 0 Å². The number of ether oxygens (including phenoxy) is 1. The first-order chi connectivity index (χ1) is 9.35. The van der Waals surface area contributed by atoms with Crippen molar-refractivity contribution < 1.29 is 13.2 Å². The van der Waals surface area contributed by atoms with Crippen LogP contribution in [0.2, 0.25) is 0 Å². The Morgan fingerprint density at radius 3 is 2.70 bits per heavy atom. The van der Waals surface area contributed by atoms with Crippen LogP contribution >= 0.6 is 15.9 Å². The van der Waals surface area contributed by atoms with E-state index in [-0.39, 0.29) is 17.5 Å². The molecule has 3 N–H and O–H groups in total. The minimum absolute atomic E-state index is 0.121. The summed E-state index contributed by atoms with van der Waals surface area (Å²) >= 11 is 3.34. The Labute approximate surface area is 128 Å². The van der Waals surface area contributed by atoms with E-state index < -0.39 is 10.0 Å².